The first-order chi connectivity index (χ1) is 9.18. The third-order valence-electron chi connectivity index (χ3n) is 2.63. The smallest absolute Gasteiger partial charge is 0.350 e. The second-order valence-electron chi connectivity index (χ2n) is 4.75. The first-order valence-corrected chi connectivity index (χ1v) is 6.55. The molecule has 0 aromatic heterocycles. The van der Waals surface area contributed by atoms with E-state index in [4.69, 9.17) is 14.6 Å². The lowest BCUT2D eigenvalue weighted by atomic mass is 10.2. The Hall–Kier alpha value is -1.70. The molecule has 0 aliphatic carbocycles. The third kappa shape index (κ3) is 3.89. The number of carbonyl (C=O) groups excluding carboxylic acids is 2. The number of likely N-dealkylation sites (N-methyl/N-ethyl adjacent to an activating group) is 1. The molecule has 20 heavy (non-hydrogen) atoms. The fraction of sp³-hybridized carbons (Fsp3) is 0.583. The Morgan fingerprint density at radius 1 is 1.40 bits per heavy atom. The molecule has 0 amide bonds. The maximum Gasteiger partial charge on any atom is 0.350 e. The van der Waals surface area contributed by atoms with Crippen LogP contribution in [0.2, 0.25) is 0 Å². The zero-order valence-electron chi connectivity index (χ0n) is 11.5. The van der Waals surface area contributed by atoms with Gasteiger partial charge in [0, 0.05) is 27.1 Å². The molecule has 1 aliphatic rings. The van der Waals surface area contributed by atoms with Crippen molar-refractivity contribution < 1.29 is 29.0 Å². The summed E-state index contributed by atoms with van der Waals surface area (Å²) in [4.78, 5) is 35.8. The normalized spacial score (nSPS) is 18.9. The Kier molecular flexibility index (Phi) is 5.04. The van der Waals surface area contributed by atoms with Gasteiger partial charge < -0.3 is 19.5 Å². The average Bonchev–Trinajstić information content (AvgIpc) is 2.28. The molecule has 1 N–H and O–H groups in total. The summed E-state index contributed by atoms with van der Waals surface area (Å²) in [6.07, 6.45) is 1.39. The molecular weight excluding hydrogens is 286 g/mol. The number of carboxylic acids is 1. The number of hydrogen-bond donors (Lipinski definition) is 2. The standard InChI is InChI=1S/C12H17NO6S/c1-12(2)18-10(16)7(11(17)19-12)6-13(3)8(4-5-20)9(14)15/h6,8,20H,4-5H2,1-3H3,(H,14,15)/t8-/m0/s1. The van der Waals surface area contributed by atoms with Gasteiger partial charge in [0.1, 0.15) is 6.04 Å². The van der Waals surface area contributed by atoms with Crippen LogP contribution in [0.3, 0.4) is 0 Å². The highest BCUT2D eigenvalue weighted by molar-refractivity contribution is 7.80. The zero-order chi connectivity index (χ0) is 15.5. The number of esters is 2. The first-order valence-electron chi connectivity index (χ1n) is 5.92. The van der Waals surface area contributed by atoms with Crippen LogP contribution in [0.4, 0.5) is 0 Å². The third-order valence-corrected chi connectivity index (χ3v) is 2.89. The highest BCUT2D eigenvalue weighted by atomic mass is 32.1. The number of carboxylic acid groups (broad SMARTS) is 1. The summed E-state index contributed by atoms with van der Waals surface area (Å²) in [5, 5.41) is 9.08. The van der Waals surface area contributed by atoms with Gasteiger partial charge in [0.25, 0.3) is 5.79 Å². The number of thiol groups is 1. The maximum atomic E-state index is 11.7. The van der Waals surface area contributed by atoms with E-state index in [0.29, 0.717) is 5.75 Å². The molecule has 0 unspecified atom stereocenters. The van der Waals surface area contributed by atoms with E-state index in [2.05, 4.69) is 12.6 Å². The van der Waals surface area contributed by atoms with Crippen LogP contribution < -0.4 is 0 Å². The van der Waals surface area contributed by atoms with Crippen LogP contribution in [-0.2, 0) is 23.9 Å². The molecule has 0 radical (unpaired) electrons. The van der Waals surface area contributed by atoms with Crippen molar-refractivity contribution in [3.8, 4) is 0 Å². The minimum atomic E-state index is -1.32. The molecule has 1 saturated heterocycles. The molecule has 112 valence electrons. The summed E-state index contributed by atoms with van der Waals surface area (Å²) in [6.45, 7) is 2.87. The van der Waals surface area contributed by atoms with E-state index in [0.717, 1.165) is 6.20 Å². The molecule has 0 bridgehead atoms. The number of rotatable bonds is 5. The molecule has 0 saturated carbocycles. The van der Waals surface area contributed by atoms with Crippen LogP contribution in [0.5, 0.6) is 0 Å². The van der Waals surface area contributed by atoms with Crippen molar-refractivity contribution in [2.45, 2.75) is 32.1 Å². The molecule has 0 aromatic rings. The number of nitrogens with zero attached hydrogens (tertiary/aromatic N) is 1. The zero-order valence-corrected chi connectivity index (χ0v) is 12.3. The molecular formula is C12H17NO6S. The molecule has 0 spiro atoms. The molecule has 7 nitrogen and oxygen atoms in total. The van der Waals surface area contributed by atoms with Crippen LogP contribution in [0.25, 0.3) is 0 Å². The molecule has 1 heterocycles. The number of cyclic esters (lactones) is 2. The molecule has 1 fully saturated rings. The summed E-state index contributed by atoms with van der Waals surface area (Å²) >= 11 is 3.98. The Morgan fingerprint density at radius 3 is 2.30 bits per heavy atom. The monoisotopic (exact) mass is 303 g/mol. The lowest BCUT2D eigenvalue weighted by molar-refractivity contribution is -0.222. The molecule has 1 aliphatic heterocycles. The molecule has 1 rings (SSSR count). The second-order valence-corrected chi connectivity index (χ2v) is 5.20. The predicted octanol–water partition coefficient (Wildman–Crippen LogP) is 0.411. The molecule has 1 atom stereocenters. The van der Waals surface area contributed by atoms with Crippen LogP contribution >= 0.6 is 12.6 Å². The van der Waals surface area contributed by atoms with Gasteiger partial charge in [-0.2, -0.15) is 12.6 Å². The van der Waals surface area contributed by atoms with Crippen molar-refractivity contribution in [3.63, 3.8) is 0 Å². The highest BCUT2D eigenvalue weighted by Gasteiger charge is 2.39. The van der Waals surface area contributed by atoms with E-state index in [-0.39, 0.29) is 12.0 Å². The first kappa shape index (κ1) is 16.4. The fourth-order valence-corrected chi connectivity index (χ4v) is 1.93. The minimum Gasteiger partial charge on any atom is -0.480 e. The Morgan fingerprint density at radius 2 is 1.90 bits per heavy atom. The van der Waals surface area contributed by atoms with Gasteiger partial charge in [0.05, 0.1) is 0 Å². The van der Waals surface area contributed by atoms with Gasteiger partial charge in [-0.3, -0.25) is 0 Å². The van der Waals surface area contributed by atoms with E-state index in [9.17, 15) is 14.4 Å². The Labute approximate surface area is 121 Å². The largest absolute Gasteiger partial charge is 0.480 e. The molecule has 0 aromatic carbocycles. The Balaban J connectivity index is 2.95. The van der Waals surface area contributed by atoms with Gasteiger partial charge >= 0.3 is 17.9 Å². The predicted molar refractivity (Wildman–Crippen MR) is 72.0 cm³/mol. The number of carbonyl (C=O) groups is 3. The maximum absolute atomic E-state index is 11.7. The topological polar surface area (TPSA) is 93.1 Å². The summed E-state index contributed by atoms with van der Waals surface area (Å²) in [5.74, 6) is -3.72. The van der Waals surface area contributed by atoms with Crippen molar-refractivity contribution >= 4 is 30.5 Å². The van der Waals surface area contributed by atoms with Gasteiger partial charge in [-0.15, -0.1) is 0 Å². The summed E-state index contributed by atoms with van der Waals surface area (Å²) in [7, 11) is 1.45. The lowest BCUT2D eigenvalue weighted by Crippen LogP contribution is -2.43. The summed E-state index contributed by atoms with van der Waals surface area (Å²) in [6, 6.07) is -0.893. The molecule has 8 heteroatoms. The van der Waals surface area contributed by atoms with Gasteiger partial charge in [0.2, 0.25) is 0 Å². The van der Waals surface area contributed by atoms with E-state index in [1.54, 1.807) is 0 Å². The number of aliphatic carboxylic acids is 1. The summed E-state index contributed by atoms with van der Waals surface area (Å²) in [5.41, 5.74) is -0.336. The van der Waals surface area contributed by atoms with Crippen molar-refractivity contribution in [3.05, 3.63) is 11.8 Å². The lowest BCUT2D eigenvalue weighted by Gasteiger charge is -2.31. The van der Waals surface area contributed by atoms with Crippen LogP contribution in [0, 0.1) is 0 Å². The van der Waals surface area contributed by atoms with Gasteiger partial charge in [0.15, 0.2) is 5.57 Å². The van der Waals surface area contributed by atoms with Crippen molar-refractivity contribution in [1.82, 2.24) is 4.90 Å². The fourth-order valence-electron chi connectivity index (χ4n) is 1.68. The second kappa shape index (κ2) is 6.17. The highest BCUT2D eigenvalue weighted by Crippen LogP contribution is 2.23. The van der Waals surface area contributed by atoms with Crippen LogP contribution in [0.15, 0.2) is 11.8 Å². The van der Waals surface area contributed by atoms with Crippen molar-refractivity contribution in [2.24, 2.45) is 0 Å². The quantitative estimate of drug-likeness (QED) is 0.329. The van der Waals surface area contributed by atoms with E-state index < -0.39 is 29.7 Å². The van der Waals surface area contributed by atoms with Gasteiger partial charge in [-0.25, -0.2) is 14.4 Å². The SMILES string of the molecule is CN(C=C1C(=O)OC(C)(C)OC1=O)[C@@H](CCS)C(=O)O. The van der Waals surface area contributed by atoms with Crippen molar-refractivity contribution in [2.75, 3.05) is 12.8 Å². The minimum absolute atomic E-state index is 0.258. The average molecular weight is 303 g/mol. The van der Waals surface area contributed by atoms with Gasteiger partial charge in [-0.1, -0.05) is 0 Å². The van der Waals surface area contributed by atoms with Crippen LogP contribution in [-0.4, -0.2) is 52.5 Å². The van der Waals surface area contributed by atoms with E-state index in [1.165, 1.54) is 25.8 Å². The van der Waals surface area contributed by atoms with Crippen LogP contribution in [0.1, 0.15) is 20.3 Å². The summed E-state index contributed by atoms with van der Waals surface area (Å²) < 4.78 is 9.84. The Bertz CT molecular complexity index is 437. The van der Waals surface area contributed by atoms with E-state index in [1.807, 2.05) is 0 Å². The van der Waals surface area contributed by atoms with Gasteiger partial charge in [-0.05, 0) is 12.2 Å². The van der Waals surface area contributed by atoms with E-state index >= 15 is 0 Å². The number of ether oxygens (including phenoxy) is 2. The van der Waals surface area contributed by atoms with Crippen molar-refractivity contribution in [1.29, 1.82) is 0 Å². The number of hydrogen-bond acceptors (Lipinski definition) is 7.